The number of nitrogens with zero attached hydrogens (tertiary/aromatic N) is 3. The van der Waals surface area contributed by atoms with E-state index < -0.39 is 0 Å². The standard InChI is InChI=1S/C17H30N4O2.2ClH/c1-21(13-16-19-15(20-23-16)5-12-22-2)14-3-6-17(7-4-14)8-10-18-11-9-17;;/h14,18H,3-13H2,1-2H3;2*1H. The second kappa shape index (κ2) is 10.7. The topological polar surface area (TPSA) is 63.4 Å². The fourth-order valence-electron chi connectivity index (χ4n) is 4.10. The van der Waals surface area contributed by atoms with Gasteiger partial charge in [0.1, 0.15) is 0 Å². The van der Waals surface area contributed by atoms with Gasteiger partial charge in [0.2, 0.25) is 5.89 Å². The molecule has 1 saturated carbocycles. The van der Waals surface area contributed by atoms with Gasteiger partial charge < -0.3 is 14.6 Å². The van der Waals surface area contributed by atoms with Gasteiger partial charge >= 0.3 is 0 Å². The lowest BCUT2D eigenvalue weighted by Gasteiger charge is -2.45. The molecule has 8 heteroatoms. The van der Waals surface area contributed by atoms with E-state index in [1.54, 1.807) is 7.11 Å². The highest BCUT2D eigenvalue weighted by Crippen LogP contribution is 2.44. The lowest BCUT2D eigenvalue weighted by Crippen LogP contribution is -2.43. The molecule has 1 aromatic rings. The minimum Gasteiger partial charge on any atom is -0.384 e. The Labute approximate surface area is 163 Å². The third-order valence-electron chi connectivity index (χ3n) is 5.73. The molecule has 1 aliphatic carbocycles. The third kappa shape index (κ3) is 6.07. The Morgan fingerprint density at radius 1 is 1.20 bits per heavy atom. The summed E-state index contributed by atoms with van der Waals surface area (Å²) >= 11 is 0. The van der Waals surface area contributed by atoms with Crippen molar-refractivity contribution in [2.24, 2.45) is 5.41 Å². The Bertz CT molecular complexity index is 485. The van der Waals surface area contributed by atoms with Crippen molar-refractivity contribution in [2.45, 2.75) is 57.5 Å². The van der Waals surface area contributed by atoms with Gasteiger partial charge in [-0.1, -0.05) is 5.16 Å². The summed E-state index contributed by atoms with van der Waals surface area (Å²) in [6.07, 6.45) is 8.75. The van der Waals surface area contributed by atoms with Crippen LogP contribution in [0, 0.1) is 5.41 Å². The Kier molecular flexibility index (Phi) is 9.67. The lowest BCUT2D eigenvalue weighted by atomic mass is 9.67. The maximum absolute atomic E-state index is 5.37. The summed E-state index contributed by atoms with van der Waals surface area (Å²) in [7, 11) is 3.87. The Balaban J connectivity index is 0.00000156. The zero-order valence-corrected chi connectivity index (χ0v) is 17.0. The van der Waals surface area contributed by atoms with Gasteiger partial charge in [-0.2, -0.15) is 4.98 Å². The SMILES string of the molecule is COCCc1noc(CN(C)C2CCC3(CCNCC3)CC2)n1.Cl.Cl. The van der Waals surface area contributed by atoms with Gasteiger partial charge in [0.05, 0.1) is 13.2 Å². The summed E-state index contributed by atoms with van der Waals surface area (Å²) in [5.41, 5.74) is 0.625. The number of rotatable bonds is 6. The average molecular weight is 395 g/mol. The number of piperidine rings is 1. The first-order chi connectivity index (χ1) is 11.2. The van der Waals surface area contributed by atoms with Crippen molar-refractivity contribution in [1.82, 2.24) is 20.4 Å². The van der Waals surface area contributed by atoms with E-state index in [2.05, 4.69) is 27.4 Å². The second-order valence-corrected chi connectivity index (χ2v) is 7.24. The van der Waals surface area contributed by atoms with Crippen molar-refractivity contribution in [3.63, 3.8) is 0 Å². The van der Waals surface area contributed by atoms with Crippen molar-refractivity contribution in [1.29, 1.82) is 0 Å². The van der Waals surface area contributed by atoms with Crippen molar-refractivity contribution in [3.05, 3.63) is 11.7 Å². The van der Waals surface area contributed by atoms with E-state index in [9.17, 15) is 0 Å². The van der Waals surface area contributed by atoms with E-state index in [-0.39, 0.29) is 24.8 Å². The summed E-state index contributed by atoms with van der Waals surface area (Å²) < 4.78 is 10.4. The largest absolute Gasteiger partial charge is 0.384 e. The monoisotopic (exact) mass is 394 g/mol. The van der Waals surface area contributed by atoms with Crippen molar-refractivity contribution >= 4 is 24.8 Å². The summed E-state index contributed by atoms with van der Waals surface area (Å²) in [6.45, 7) is 3.78. The number of ether oxygens (including phenoxy) is 1. The molecule has 2 aliphatic rings. The van der Waals surface area contributed by atoms with Gasteiger partial charge in [0.15, 0.2) is 5.82 Å². The van der Waals surface area contributed by atoms with E-state index in [0.717, 1.165) is 18.3 Å². The molecule has 2 fully saturated rings. The molecule has 0 aromatic carbocycles. The van der Waals surface area contributed by atoms with Crippen LogP contribution in [0.2, 0.25) is 0 Å². The summed E-state index contributed by atoms with van der Waals surface area (Å²) in [5.74, 6) is 1.47. The highest BCUT2D eigenvalue weighted by atomic mass is 35.5. The van der Waals surface area contributed by atoms with E-state index in [0.29, 0.717) is 24.5 Å². The molecule has 0 amide bonds. The van der Waals surface area contributed by atoms with Crippen molar-refractivity contribution in [2.75, 3.05) is 33.9 Å². The minimum absolute atomic E-state index is 0. The highest BCUT2D eigenvalue weighted by molar-refractivity contribution is 5.85. The predicted molar refractivity (Wildman–Crippen MR) is 103 cm³/mol. The fourth-order valence-corrected chi connectivity index (χ4v) is 4.10. The first-order valence-electron chi connectivity index (χ1n) is 8.92. The molecule has 0 radical (unpaired) electrons. The van der Waals surface area contributed by atoms with Crippen molar-refractivity contribution < 1.29 is 9.26 Å². The number of hydrogen-bond acceptors (Lipinski definition) is 6. The number of methoxy groups -OCH3 is 1. The van der Waals surface area contributed by atoms with E-state index in [4.69, 9.17) is 9.26 Å². The molecule has 0 bridgehead atoms. The van der Waals surface area contributed by atoms with Gasteiger partial charge in [0.25, 0.3) is 0 Å². The Morgan fingerprint density at radius 3 is 2.52 bits per heavy atom. The van der Waals surface area contributed by atoms with Gasteiger partial charge in [-0.15, -0.1) is 24.8 Å². The minimum atomic E-state index is 0. The van der Waals surface area contributed by atoms with Crippen LogP contribution < -0.4 is 5.32 Å². The van der Waals surface area contributed by atoms with Gasteiger partial charge in [-0.05, 0) is 64.1 Å². The highest BCUT2D eigenvalue weighted by Gasteiger charge is 2.37. The maximum Gasteiger partial charge on any atom is 0.240 e. The van der Waals surface area contributed by atoms with E-state index in [1.165, 1.54) is 51.6 Å². The van der Waals surface area contributed by atoms with Crippen LogP contribution in [-0.2, 0) is 17.7 Å². The summed E-state index contributed by atoms with van der Waals surface area (Å²) in [4.78, 5) is 6.85. The smallest absolute Gasteiger partial charge is 0.240 e. The molecule has 1 N–H and O–H groups in total. The predicted octanol–water partition coefficient (Wildman–Crippen LogP) is 2.85. The van der Waals surface area contributed by atoms with E-state index >= 15 is 0 Å². The van der Waals surface area contributed by atoms with E-state index in [1.807, 2.05) is 0 Å². The maximum atomic E-state index is 5.37. The van der Waals surface area contributed by atoms with Gasteiger partial charge in [-0.25, -0.2) is 0 Å². The second-order valence-electron chi connectivity index (χ2n) is 7.24. The molecular weight excluding hydrogens is 363 g/mol. The summed E-state index contributed by atoms with van der Waals surface area (Å²) in [6, 6.07) is 0.643. The van der Waals surface area contributed by atoms with Crippen LogP contribution in [0.5, 0.6) is 0 Å². The Morgan fingerprint density at radius 2 is 1.88 bits per heavy atom. The molecule has 1 aliphatic heterocycles. The molecule has 6 nitrogen and oxygen atoms in total. The van der Waals surface area contributed by atoms with Crippen LogP contribution in [0.1, 0.15) is 50.2 Å². The summed E-state index contributed by atoms with van der Waals surface area (Å²) in [5, 5.41) is 7.51. The third-order valence-corrected chi connectivity index (χ3v) is 5.73. The molecular formula is C17H32Cl2N4O2. The molecule has 3 rings (SSSR count). The molecule has 25 heavy (non-hydrogen) atoms. The number of halogens is 2. The Hall–Kier alpha value is -0.400. The number of aromatic nitrogens is 2. The van der Waals surface area contributed by atoms with Crippen molar-refractivity contribution in [3.8, 4) is 0 Å². The zero-order valence-electron chi connectivity index (χ0n) is 15.3. The lowest BCUT2D eigenvalue weighted by molar-refractivity contribution is 0.0697. The molecule has 0 atom stereocenters. The molecule has 1 saturated heterocycles. The van der Waals surface area contributed by atoms with Crippen LogP contribution in [0.15, 0.2) is 4.52 Å². The first kappa shape index (κ1) is 22.6. The van der Waals surface area contributed by atoms with Crippen LogP contribution >= 0.6 is 24.8 Å². The molecule has 0 unspecified atom stereocenters. The zero-order chi connectivity index (χ0) is 16.1. The quantitative estimate of drug-likeness (QED) is 0.799. The van der Waals surface area contributed by atoms with Crippen LogP contribution in [-0.4, -0.2) is 54.9 Å². The first-order valence-corrected chi connectivity index (χ1v) is 8.92. The number of nitrogens with one attached hydrogen (secondary N) is 1. The molecule has 146 valence electrons. The van der Waals surface area contributed by atoms with Gasteiger partial charge in [-0.3, -0.25) is 4.90 Å². The molecule has 1 aromatic heterocycles. The van der Waals surface area contributed by atoms with Crippen LogP contribution in [0.3, 0.4) is 0 Å². The number of hydrogen-bond donors (Lipinski definition) is 1. The van der Waals surface area contributed by atoms with Crippen LogP contribution in [0.25, 0.3) is 0 Å². The average Bonchev–Trinajstić information content (AvgIpc) is 3.01. The molecule has 2 heterocycles. The van der Waals surface area contributed by atoms with Gasteiger partial charge in [0, 0.05) is 19.6 Å². The molecule has 1 spiro atoms. The normalized spacial score (nSPS) is 20.3. The van der Waals surface area contributed by atoms with Crippen LogP contribution in [0.4, 0.5) is 0 Å². The fraction of sp³-hybridized carbons (Fsp3) is 0.882.